The van der Waals surface area contributed by atoms with Gasteiger partial charge in [0.25, 0.3) is 0 Å². The van der Waals surface area contributed by atoms with Gasteiger partial charge < -0.3 is 4.90 Å². The van der Waals surface area contributed by atoms with E-state index in [4.69, 9.17) is 0 Å². The summed E-state index contributed by atoms with van der Waals surface area (Å²) >= 11 is 0. The Morgan fingerprint density at radius 3 is 2.00 bits per heavy atom. The van der Waals surface area contributed by atoms with Crippen molar-refractivity contribution in [2.75, 3.05) is 33.6 Å². The summed E-state index contributed by atoms with van der Waals surface area (Å²) in [5.41, 5.74) is 0. The van der Waals surface area contributed by atoms with Crippen LogP contribution in [0.2, 0.25) is 0 Å². The van der Waals surface area contributed by atoms with Crippen LogP contribution in [-0.2, 0) is 4.79 Å². The van der Waals surface area contributed by atoms with Crippen LogP contribution in [0.4, 0.5) is 0 Å². The van der Waals surface area contributed by atoms with Gasteiger partial charge in [-0.1, -0.05) is 0 Å². The molecular weight excluding hydrogens is 133 g/mol. The van der Waals surface area contributed by atoms with E-state index in [9.17, 15) is 4.79 Å². The molecule has 0 aromatic heterocycles. The SMILES string of the molecule is CN(C)C(=O)CP(C)C. The van der Waals surface area contributed by atoms with Crippen molar-refractivity contribution in [2.24, 2.45) is 0 Å². The molecule has 0 atom stereocenters. The molecule has 0 heterocycles. The van der Waals surface area contributed by atoms with Crippen molar-refractivity contribution in [3.8, 4) is 0 Å². The molecule has 0 aliphatic rings. The van der Waals surface area contributed by atoms with Crippen molar-refractivity contribution >= 4 is 13.8 Å². The number of carbonyl (C=O) groups is 1. The topological polar surface area (TPSA) is 20.3 Å². The molecule has 1 amide bonds. The summed E-state index contributed by atoms with van der Waals surface area (Å²) < 4.78 is 0. The van der Waals surface area contributed by atoms with Crippen molar-refractivity contribution in [3.63, 3.8) is 0 Å². The van der Waals surface area contributed by atoms with E-state index in [1.807, 2.05) is 0 Å². The zero-order valence-corrected chi connectivity index (χ0v) is 7.40. The van der Waals surface area contributed by atoms with Crippen LogP contribution in [0, 0.1) is 0 Å². The van der Waals surface area contributed by atoms with Gasteiger partial charge in [-0.2, -0.15) is 0 Å². The minimum Gasteiger partial charge on any atom is -0.349 e. The van der Waals surface area contributed by atoms with E-state index in [0.29, 0.717) is 0 Å². The normalized spacial score (nSPS) is 9.89. The highest BCUT2D eigenvalue weighted by molar-refractivity contribution is 7.56. The fourth-order valence-corrected chi connectivity index (χ4v) is 1.24. The molecule has 3 heteroatoms. The van der Waals surface area contributed by atoms with Gasteiger partial charge in [0.05, 0.1) is 0 Å². The zero-order valence-electron chi connectivity index (χ0n) is 6.51. The Bertz CT molecular complexity index is 101. The summed E-state index contributed by atoms with van der Waals surface area (Å²) in [6.45, 7) is 4.22. The molecule has 0 bridgehead atoms. The molecule has 0 aromatic rings. The monoisotopic (exact) mass is 147 g/mol. The van der Waals surface area contributed by atoms with E-state index in [0.717, 1.165) is 6.16 Å². The summed E-state index contributed by atoms with van der Waals surface area (Å²) in [5.74, 6) is 0.242. The molecule has 54 valence electrons. The molecule has 0 fully saturated rings. The third-order valence-electron chi connectivity index (χ3n) is 0.950. The van der Waals surface area contributed by atoms with Crippen molar-refractivity contribution in [1.29, 1.82) is 0 Å². The summed E-state index contributed by atoms with van der Waals surface area (Å²) in [5, 5.41) is 0. The van der Waals surface area contributed by atoms with Crippen LogP contribution in [0.5, 0.6) is 0 Å². The minimum absolute atomic E-state index is 0.0635. The smallest absolute Gasteiger partial charge is 0.226 e. The maximum atomic E-state index is 10.9. The Balaban J connectivity index is 3.51. The minimum atomic E-state index is -0.0635. The number of amides is 1. The second-order valence-electron chi connectivity index (χ2n) is 2.53. The molecular formula is C6H14NOP. The van der Waals surface area contributed by atoms with Gasteiger partial charge in [0.15, 0.2) is 0 Å². The number of nitrogens with zero attached hydrogens (tertiary/aromatic N) is 1. The first-order valence-corrected chi connectivity index (χ1v) is 5.31. The summed E-state index contributed by atoms with van der Waals surface area (Å²) in [4.78, 5) is 12.5. The predicted octanol–water partition coefficient (Wildman–Crippen LogP) is 0.816. The molecule has 0 unspecified atom stereocenters. The highest BCUT2D eigenvalue weighted by Gasteiger charge is 2.04. The van der Waals surface area contributed by atoms with Crippen molar-refractivity contribution in [3.05, 3.63) is 0 Å². The number of rotatable bonds is 2. The van der Waals surface area contributed by atoms with Crippen molar-refractivity contribution in [2.45, 2.75) is 0 Å². The van der Waals surface area contributed by atoms with E-state index < -0.39 is 0 Å². The number of hydrogen-bond acceptors (Lipinski definition) is 1. The van der Waals surface area contributed by atoms with Gasteiger partial charge in [-0.25, -0.2) is 0 Å². The average molecular weight is 147 g/mol. The van der Waals surface area contributed by atoms with Crippen molar-refractivity contribution in [1.82, 2.24) is 4.90 Å². The maximum Gasteiger partial charge on any atom is 0.226 e. The molecule has 0 N–H and O–H groups in total. The molecule has 2 nitrogen and oxygen atoms in total. The van der Waals surface area contributed by atoms with Crippen LogP contribution in [0.25, 0.3) is 0 Å². The second kappa shape index (κ2) is 3.84. The highest BCUT2D eigenvalue weighted by atomic mass is 31.1. The first-order chi connectivity index (χ1) is 4.04. The summed E-state index contributed by atoms with van der Waals surface area (Å²) in [7, 11) is 3.52. The molecule has 0 saturated heterocycles. The molecule has 0 saturated carbocycles. The Morgan fingerprint density at radius 2 is 1.89 bits per heavy atom. The van der Waals surface area contributed by atoms with Crippen molar-refractivity contribution < 1.29 is 4.79 Å². The third kappa shape index (κ3) is 4.41. The molecule has 0 aliphatic heterocycles. The second-order valence-corrected chi connectivity index (χ2v) is 5.00. The van der Waals surface area contributed by atoms with E-state index in [1.165, 1.54) is 0 Å². The van der Waals surface area contributed by atoms with Gasteiger partial charge in [0.1, 0.15) is 0 Å². The first-order valence-electron chi connectivity index (χ1n) is 2.89. The predicted molar refractivity (Wildman–Crippen MR) is 42.3 cm³/mol. The van der Waals surface area contributed by atoms with E-state index in [-0.39, 0.29) is 13.8 Å². The van der Waals surface area contributed by atoms with E-state index >= 15 is 0 Å². The molecule has 0 aromatic carbocycles. The molecule has 9 heavy (non-hydrogen) atoms. The third-order valence-corrected chi connectivity index (χ3v) is 1.85. The van der Waals surface area contributed by atoms with E-state index in [1.54, 1.807) is 19.0 Å². The van der Waals surface area contributed by atoms with Gasteiger partial charge in [0.2, 0.25) is 5.91 Å². The Kier molecular flexibility index (Phi) is 3.79. The number of carbonyl (C=O) groups excluding carboxylic acids is 1. The fourth-order valence-electron chi connectivity index (χ4n) is 0.412. The fraction of sp³-hybridized carbons (Fsp3) is 0.833. The van der Waals surface area contributed by atoms with Gasteiger partial charge >= 0.3 is 0 Å². The Morgan fingerprint density at radius 1 is 1.44 bits per heavy atom. The van der Waals surface area contributed by atoms with Gasteiger partial charge in [-0.15, -0.1) is 7.92 Å². The Hall–Kier alpha value is -0.100. The molecule has 0 radical (unpaired) electrons. The van der Waals surface area contributed by atoms with Crippen LogP contribution in [0.1, 0.15) is 0 Å². The lowest BCUT2D eigenvalue weighted by atomic mass is 10.6. The Labute approximate surface area is 58.0 Å². The number of hydrogen-bond donors (Lipinski definition) is 0. The standard InChI is InChI=1S/C6H14NOP/c1-7(2)6(8)5-9(3)4/h5H2,1-4H3. The van der Waals surface area contributed by atoms with Crippen LogP contribution in [0.3, 0.4) is 0 Å². The van der Waals surface area contributed by atoms with Gasteiger partial charge in [-0.3, -0.25) is 4.79 Å². The zero-order chi connectivity index (χ0) is 7.44. The van der Waals surface area contributed by atoms with Crippen LogP contribution in [0.15, 0.2) is 0 Å². The highest BCUT2D eigenvalue weighted by Crippen LogP contribution is 2.23. The van der Waals surface area contributed by atoms with Crippen LogP contribution in [-0.4, -0.2) is 44.4 Å². The van der Waals surface area contributed by atoms with Gasteiger partial charge in [0, 0.05) is 20.3 Å². The lowest BCUT2D eigenvalue weighted by molar-refractivity contribution is -0.125. The first kappa shape index (κ1) is 8.90. The largest absolute Gasteiger partial charge is 0.349 e. The quantitative estimate of drug-likeness (QED) is 0.529. The molecule has 0 rings (SSSR count). The average Bonchev–Trinajstić information content (AvgIpc) is 1.63. The maximum absolute atomic E-state index is 10.9. The summed E-state index contributed by atoms with van der Waals surface area (Å²) in [6, 6.07) is 0. The molecule has 0 spiro atoms. The van der Waals surface area contributed by atoms with Crippen LogP contribution >= 0.6 is 7.92 Å². The van der Waals surface area contributed by atoms with E-state index in [2.05, 4.69) is 13.3 Å². The molecule has 0 aliphatic carbocycles. The lowest BCUT2D eigenvalue weighted by Crippen LogP contribution is -2.23. The van der Waals surface area contributed by atoms with Crippen LogP contribution < -0.4 is 0 Å². The summed E-state index contributed by atoms with van der Waals surface area (Å²) in [6.07, 6.45) is 0.725. The van der Waals surface area contributed by atoms with Gasteiger partial charge in [-0.05, 0) is 13.3 Å². The lowest BCUT2D eigenvalue weighted by Gasteiger charge is -2.11.